The van der Waals surface area contributed by atoms with Gasteiger partial charge in [-0.1, -0.05) is 6.42 Å². The van der Waals surface area contributed by atoms with Gasteiger partial charge in [-0.3, -0.25) is 4.79 Å². The van der Waals surface area contributed by atoms with Crippen LogP contribution in [0.5, 0.6) is 0 Å². The van der Waals surface area contributed by atoms with Crippen LogP contribution < -0.4 is 10.6 Å². The quantitative estimate of drug-likeness (QED) is 0.882. The van der Waals surface area contributed by atoms with Gasteiger partial charge in [0.15, 0.2) is 11.6 Å². The van der Waals surface area contributed by atoms with E-state index in [4.69, 9.17) is 0 Å². The van der Waals surface area contributed by atoms with Crippen molar-refractivity contribution in [3.63, 3.8) is 0 Å². The molecule has 2 rings (SSSR count). The van der Waals surface area contributed by atoms with Crippen LogP contribution in [0.25, 0.3) is 0 Å². The third-order valence-corrected chi connectivity index (χ3v) is 3.49. The molecule has 19 heavy (non-hydrogen) atoms. The van der Waals surface area contributed by atoms with E-state index in [9.17, 15) is 13.6 Å². The number of halogens is 2. The van der Waals surface area contributed by atoms with Crippen molar-refractivity contribution in [3.05, 3.63) is 35.4 Å². The first-order valence-corrected chi connectivity index (χ1v) is 6.57. The largest absolute Gasteiger partial charge is 0.348 e. The molecule has 5 heteroatoms. The van der Waals surface area contributed by atoms with Crippen molar-refractivity contribution < 1.29 is 13.6 Å². The standard InChI is InChI=1S/C14H18F2N2O/c1-9(13-4-2-3-7-17-13)18-14(19)10-5-6-11(15)12(16)8-10/h5-6,8-9,13,17H,2-4,7H2,1H3,(H,18,19). The van der Waals surface area contributed by atoms with E-state index in [-0.39, 0.29) is 23.6 Å². The smallest absolute Gasteiger partial charge is 0.251 e. The molecule has 0 spiro atoms. The molecule has 3 nitrogen and oxygen atoms in total. The zero-order chi connectivity index (χ0) is 13.8. The SMILES string of the molecule is CC(NC(=O)c1ccc(F)c(F)c1)C1CCCCN1. The summed E-state index contributed by atoms with van der Waals surface area (Å²) in [5.41, 5.74) is 0.140. The molecule has 2 N–H and O–H groups in total. The number of benzene rings is 1. The van der Waals surface area contributed by atoms with Crippen molar-refractivity contribution in [2.24, 2.45) is 0 Å². The Morgan fingerprint density at radius 1 is 1.37 bits per heavy atom. The molecule has 1 fully saturated rings. The highest BCUT2D eigenvalue weighted by Crippen LogP contribution is 2.12. The molecule has 2 atom stereocenters. The predicted octanol–water partition coefficient (Wildman–Crippen LogP) is 2.23. The Bertz CT molecular complexity index is 459. The molecule has 1 aliphatic rings. The van der Waals surface area contributed by atoms with E-state index in [1.165, 1.54) is 6.07 Å². The molecule has 0 aromatic heterocycles. The van der Waals surface area contributed by atoms with Gasteiger partial charge in [-0.15, -0.1) is 0 Å². The summed E-state index contributed by atoms with van der Waals surface area (Å²) in [6.07, 6.45) is 3.31. The number of amides is 1. The van der Waals surface area contributed by atoms with Crippen LogP contribution in [0, 0.1) is 11.6 Å². The van der Waals surface area contributed by atoms with Gasteiger partial charge in [-0.2, -0.15) is 0 Å². The molecule has 1 heterocycles. The predicted molar refractivity (Wildman–Crippen MR) is 68.9 cm³/mol. The summed E-state index contributed by atoms with van der Waals surface area (Å²) in [5, 5.41) is 6.17. The molecule has 0 saturated carbocycles. The number of carbonyl (C=O) groups excluding carboxylic acids is 1. The van der Waals surface area contributed by atoms with Crippen molar-refractivity contribution in [1.29, 1.82) is 0 Å². The lowest BCUT2D eigenvalue weighted by molar-refractivity contribution is 0.0927. The Balaban J connectivity index is 1.97. The normalized spacial score (nSPS) is 20.9. The molecule has 2 unspecified atom stereocenters. The molecule has 104 valence electrons. The topological polar surface area (TPSA) is 41.1 Å². The van der Waals surface area contributed by atoms with Gasteiger partial charge in [0.05, 0.1) is 0 Å². The summed E-state index contributed by atoms with van der Waals surface area (Å²) in [5.74, 6) is -2.33. The molecule has 1 saturated heterocycles. The second-order valence-electron chi connectivity index (χ2n) is 4.95. The Hall–Kier alpha value is -1.49. The van der Waals surface area contributed by atoms with Crippen molar-refractivity contribution >= 4 is 5.91 Å². The Morgan fingerprint density at radius 2 is 2.16 bits per heavy atom. The highest BCUT2D eigenvalue weighted by molar-refractivity contribution is 5.94. The van der Waals surface area contributed by atoms with Gasteiger partial charge in [0.1, 0.15) is 0 Å². The molecule has 1 aliphatic heterocycles. The van der Waals surface area contributed by atoms with Crippen LogP contribution in [-0.2, 0) is 0 Å². The van der Waals surface area contributed by atoms with Gasteiger partial charge >= 0.3 is 0 Å². The van der Waals surface area contributed by atoms with Crippen LogP contribution in [0.1, 0.15) is 36.5 Å². The van der Waals surface area contributed by atoms with Crippen LogP contribution in [0.4, 0.5) is 8.78 Å². The zero-order valence-electron chi connectivity index (χ0n) is 10.9. The molecule has 0 radical (unpaired) electrons. The van der Waals surface area contributed by atoms with Crippen molar-refractivity contribution in [2.75, 3.05) is 6.54 Å². The lowest BCUT2D eigenvalue weighted by Crippen LogP contribution is -2.50. The number of carbonyl (C=O) groups is 1. The second kappa shape index (κ2) is 6.10. The fourth-order valence-corrected chi connectivity index (χ4v) is 2.33. The van der Waals surface area contributed by atoms with Gasteiger partial charge in [0, 0.05) is 17.6 Å². The van der Waals surface area contributed by atoms with Crippen molar-refractivity contribution in [1.82, 2.24) is 10.6 Å². The lowest BCUT2D eigenvalue weighted by Gasteiger charge is -2.29. The highest BCUT2D eigenvalue weighted by Gasteiger charge is 2.21. The maximum absolute atomic E-state index is 13.1. The van der Waals surface area contributed by atoms with Crippen molar-refractivity contribution in [3.8, 4) is 0 Å². The van der Waals surface area contributed by atoms with Gasteiger partial charge in [0.2, 0.25) is 0 Å². The summed E-state index contributed by atoms with van der Waals surface area (Å²) in [7, 11) is 0. The molecule has 0 bridgehead atoms. The summed E-state index contributed by atoms with van der Waals surface area (Å²) in [4.78, 5) is 11.9. The number of hydrogen-bond acceptors (Lipinski definition) is 2. The number of rotatable bonds is 3. The first kappa shape index (κ1) is 13.9. The number of hydrogen-bond donors (Lipinski definition) is 2. The molecule has 1 aromatic rings. The molecule has 1 amide bonds. The lowest BCUT2D eigenvalue weighted by atomic mass is 9.99. The van der Waals surface area contributed by atoms with E-state index >= 15 is 0 Å². The van der Waals surface area contributed by atoms with E-state index in [0.717, 1.165) is 37.9 Å². The third kappa shape index (κ3) is 3.50. The van der Waals surface area contributed by atoms with E-state index in [0.29, 0.717) is 0 Å². The number of nitrogens with one attached hydrogen (secondary N) is 2. The third-order valence-electron chi connectivity index (χ3n) is 3.49. The monoisotopic (exact) mass is 268 g/mol. The Morgan fingerprint density at radius 3 is 2.79 bits per heavy atom. The minimum Gasteiger partial charge on any atom is -0.348 e. The summed E-state index contributed by atoms with van der Waals surface area (Å²) in [6, 6.07) is 3.37. The van der Waals surface area contributed by atoms with Crippen LogP contribution in [0.15, 0.2) is 18.2 Å². The average Bonchev–Trinajstić information content (AvgIpc) is 2.42. The minimum atomic E-state index is -1.00. The first-order valence-electron chi connectivity index (χ1n) is 6.57. The van der Waals surface area contributed by atoms with Crippen LogP contribution >= 0.6 is 0 Å². The molecule has 0 aliphatic carbocycles. The summed E-state index contributed by atoms with van der Waals surface area (Å²) >= 11 is 0. The molecular weight excluding hydrogens is 250 g/mol. The summed E-state index contributed by atoms with van der Waals surface area (Å²) in [6.45, 7) is 2.87. The fourth-order valence-electron chi connectivity index (χ4n) is 2.33. The Labute approximate surface area is 111 Å². The second-order valence-corrected chi connectivity index (χ2v) is 4.95. The average molecular weight is 268 g/mol. The van der Waals surface area contributed by atoms with E-state index in [1.807, 2.05) is 6.92 Å². The molecular formula is C14H18F2N2O. The fraction of sp³-hybridized carbons (Fsp3) is 0.500. The van der Waals surface area contributed by atoms with E-state index in [2.05, 4.69) is 10.6 Å². The Kier molecular flexibility index (Phi) is 4.47. The van der Waals surface area contributed by atoms with E-state index < -0.39 is 11.6 Å². The van der Waals surface area contributed by atoms with Crippen molar-refractivity contribution in [2.45, 2.75) is 38.3 Å². The van der Waals surface area contributed by atoms with Crippen LogP contribution in [0.3, 0.4) is 0 Å². The maximum Gasteiger partial charge on any atom is 0.251 e. The van der Waals surface area contributed by atoms with Gasteiger partial charge in [0.25, 0.3) is 5.91 Å². The van der Waals surface area contributed by atoms with Crippen LogP contribution in [0.2, 0.25) is 0 Å². The highest BCUT2D eigenvalue weighted by atomic mass is 19.2. The molecule has 1 aromatic carbocycles. The number of piperidine rings is 1. The zero-order valence-corrected chi connectivity index (χ0v) is 10.9. The van der Waals surface area contributed by atoms with Gasteiger partial charge < -0.3 is 10.6 Å². The van der Waals surface area contributed by atoms with E-state index in [1.54, 1.807) is 0 Å². The van der Waals surface area contributed by atoms with Gasteiger partial charge in [-0.05, 0) is 44.5 Å². The maximum atomic E-state index is 13.1. The van der Waals surface area contributed by atoms with Gasteiger partial charge in [-0.25, -0.2) is 8.78 Å². The minimum absolute atomic E-state index is 0.0408. The van der Waals surface area contributed by atoms with Crippen LogP contribution in [-0.4, -0.2) is 24.5 Å². The first-order chi connectivity index (χ1) is 9.08. The summed E-state index contributed by atoms with van der Waals surface area (Å²) < 4.78 is 25.9.